The standard InChI is InChI=1S/C17H19NO/c1-12-9-13(2)11-17(10-12)18(4)16-7-5-15(6-8-16)14(3)19/h5-11H,1-4H3. The van der Waals surface area contributed by atoms with Crippen molar-refractivity contribution in [2.75, 3.05) is 11.9 Å². The van der Waals surface area contributed by atoms with E-state index in [4.69, 9.17) is 0 Å². The monoisotopic (exact) mass is 253 g/mol. The van der Waals surface area contributed by atoms with Crippen LogP contribution >= 0.6 is 0 Å². The fraction of sp³-hybridized carbons (Fsp3) is 0.235. The van der Waals surface area contributed by atoms with Gasteiger partial charge in [-0.05, 0) is 68.3 Å². The number of carbonyl (C=O) groups is 1. The minimum atomic E-state index is 0.0978. The largest absolute Gasteiger partial charge is 0.345 e. The first-order chi connectivity index (χ1) is 8.97. The minimum Gasteiger partial charge on any atom is -0.345 e. The topological polar surface area (TPSA) is 20.3 Å². The molecule has 2 heteroatoms. The quantitative estimate of drug-likeness (QED) is 0.761. The summed E-state index contributed by atoms with van der Waals surface area (Å²) in [5.74, 6) is 0.0978. The highest BCUT2D eigenvalue weighted by molar-refractivity contribution is 5.94. The van der Waals surface area contributed by atoms with Gasteiger partial charge >= 0.3 is 0 Å². The summed E-state index contributed by atoms with van der Waals surface area (Å²) in [6.45, 7) is 5.79. The van der Waals surface area contributed by atoms with Crippen LogP contribution in [0.4, 0.5) is 11.4 Å². The lowest BCUT2D eigenvalue weighted by Gasteiger charge is -2.21. The molecule has 2 aromatic rings. The highest BCUT2D eigenvalue weighted by atomic mass is 16.1. The molecule has 0 bridgehead atoms. The summed E-state index contributed by atoms with van der Waals surface area (Å²) in [6, 6.07) is 14.2. The summed E-state index contributed by atoms with van der Waals surface area (Å²) in [7, 11) is 2.04. The molecular weight excluding hydrogens is 234 g/mol. The number of Topliss-reactive ketones (excluding diaryl/α,β-unsaturated/α-hetero) is 1. The zero-order valence-corrected chi connectivity index (χ0v) is 11.9. The molecule has 0 fully saturated rings. The Morgan fingerprint density at radius 1 is 0.895 bits per heavy atom. The molecule has 0 aliphatic carbocycles. The molecule has 0 N–H and O–H groups in total. The van der Waals surface area contributed by atoms with Crippen LogP contribution in [0.3, 0.4) is 0 Å². The summed E-state index contributed by atoms with van der Waals surface area (Å²) in [5.41, 5.74) is 5.49. The first kappa shape index (κ1) is 13.3. The number of nitrogens with zero attached hydrogens (tertiary/aromatic N) is 1. The van der Waals surface area contributed by atoms with Gasteiger partial charge in [0.05, 0.1) is 0 Å². The van der Waals surface area contributed by atoms with Crippen LogP contribution in [-0.2, 0) is 0 Å². The Bertz CT molecular complexity index is 579. The summed E-state index contributed by atoms with van der Waals surface area (Å²) < 4.78 is 0. The lowest BCUT2D eigenvalue weighted by molar-refractivity contribution is 0.101. The fourth-order valence-electron chi connectivity index (χ4n) is 2.21. The van der Waals surface area contributed by atoms with Gasteiger partial charge < -0.3 is 4.90 Å². The van der Waals surface area contributed by atoms with Gasteiger partial charge in [0, 0.05) is 24.0 Å². The van der Waals surface area contributed by atoms with E-state index in [1.165, 1.54) is 11.1 Å². The third kappa shape index (κ3) is 3.02. The van der Waals surface area contributed by atoms with Gasteiger partial charge in [-0.3, -0.25) is 4.79 Å². The van der Waals surface area contributed by atoms with Crippen molar-refractivity contribution in [2.24, 2.45) is 0 Å². The zero-order valence-electron chi connectivity index (χ0n) is 11.9. The number of rotatable bonds is 3. The molecule has 2 aromatic carbocycles. The summed E-state index contributed by atoms with van der Waals surface area (Å²) in [6.07, 6.45) is 0. The SMILES string of the molecule is CC(=O)c1ccc(N(C)c2cc(C)cc(C)c2)cc1. The zero-order chi connectivity index (χ0) is 14.0. The van der Waals surface area contributed by atoms with E-state index < -0.39 is 0 Å². The van der Waals surface area contributed by atoms with Crippen LogP contribution in [0, 0.1) is 13.8 Å². The van der Waals surface area contributed by atoms with Gasteiger partial charge in [-0.1, -0.05) is 6.07 Å². The highest BCUT2D eigenvalue weighted by Crippen LogP contribution is 2.25. The molecule has 0 aliphatic rings. The Balaban J connectivity index is 2.32. The van der Waals surface area contributed by atoms with E-state index in [1.54, 1.807) is 6.92 Å². The molecule has 0 saturated carbocycles. The smallest absolute Gasteiger partial charge is 0.159 e. The molecule has 19 heavy (non-hydrogen) atoms. The Hall–Kier alpha value is -2.09. The van der Waals surface area contributed by atoms with E-state index >= 15 is 0 Å². The molecule has 2 nitrogen and oxygen atoms in total. The Morgan fingerprint density at radius 2 is 1.42 bits per heavy atom. The number of aryl methyl sites for hydroxylation is 2. The second kappa shape index (κ2) is 5.27. The summed E-state index contributed by atoms with van der Waals surface area (Å²) in [5, 5.41) is 0. The predicted octanol–water partition coefficient (Wildman–Crippen LogP) is 4.27. The van der Waals surface area contributed by atoms with Crippen molar-refractivity contribution >= 4 is 17.2 Å². The third-order valence-corrected chi connectivity index (χ3v) is 3.25. The van der Waals surface area contributed by atoms with Crippen molar-refractivity contribution in [1.82, 2.24) is 0 Å². The first-order valence-corrected chi connectivity index (χ1v) is 6.40. The highest BCUT2D eigenvalue weighted by Gasteiger charge is 2.06. The molecule has 0 unspecified atom stereocenters. The van der Waals surface area contributed by atoms with Crippen LogP contribution in [0.25, 0.3) is 0 Å². The number of anilines is 2. The Kier molecular flexibility index (Phi) is 3.70. The van der Waals surface area contributed by atoms with Gasteiger partial charge in [-0.2, -0.15) is 0 Å². The predicted molar refractivity (Wildman–Crippen MR) is 80.4 cm³/mol. The van der Waals surface area contributed by atoms with Crippen molar-refractivity contribution in [3.05, 3.63) is 59.2 Å². The van der Waals surface area contributed by atoms with E-state index in [2.05, 4.69) is 36.9 Å². The molecule has 0 radical (unpaired) electrons. The van der Waals surface area contributed by atoms with Crippen LogP contribution in [-0.4, -0.2) is 12.8 Å². The molecule has 0 spiro atoms. The number of hydrogen-bond acceptors (Lipinski definition) is 2. The number of carbonyl (C=O) groups excluding carboxylic acids is 1. The van der Waals surface area contributed by atoms with Crippen molar-refractivity contribution in [3.63, 3.8) is 0 Å². The average Bonchev–Trinajstić information content (AvgIpc) is 2.37. The van der Waals surface area contributed by atoms with Gasteiger partial charge in [-0.25, -0.2) is 0 Å². The molecule has 0 aliphatic heterocycles. The minimum absolute atomic E-state index is 0.0978. The third-order valence-electron chi connectivity index (χ3n) is 3.25. The van der Waals surface area contributed by atoms with Gasteiger partial charge in [0.15, 0.2) is 5.78 Å². The lowest BCUT2D eigenvalue weighted by Crippen LogP contribution is -2.10. The van der Waals surface area contributed by atoms with Gasteiger partial charge in [0.25, 0.3) is 0 Å². The first-order valence-electron chi connectivity index (χ1n) is 6.40. The maximum Gasteiger partial charge on any atom is 0.159 e. The van der Waals surface area contributed by atoms with Crippen LogP contribution in [0.2, 0.25) is 0 Å². The van der Waals surface area contributed by atoms with Crippen molar-refractivity contribution < 1.29 is 4.79 Å². The molecule has 0 saturated heterocycles. The van der Waals surface area contributed by atoms with Crippen LogP contribution < -0.4 is 4.90 Å². The van der Waals surface area contributed by atoms with Crippen LogP contribution in [0.5, 0.6) is 0 Å². The number of ketones is 1. The molecule has 0 heterocycles. The van der Waals surface area contributed by atoms with E-state index in [-0.39, 0.29) is 5.78 Å². The molecule has 98 valence electrons. The van der Waals surface area contributed by atoms with E-state index in [1.807, 2.05) is 31.3 Å². The van der Waals surface area contributed by atoms with Gasteiger partial charge in [-0.15, -0.1) is 0 Å². The molecule has 0 atom stereocenters. The molecule has 2 rings (SSSR count). The second-order valence-corrected chi connectivity index (χ2v) is 5.01. The maximum absolute atomic E-state index is 11.3. The lowest BCUT2D eigenvalue weighted by atomic mass is 10.1. The van der Waals surface area contributed by atoms with Crippen LogP contribution in [0.1, 0.15) is 28.4 Å². The second-order valence-electron chi connectivity index (χ2n) is 5.01. The maximum atomic E-state index is 11.3. The molecule has 0 aromatic heterocycles. The average molecular weight is 253 g/mol. The number of benzene rings is 2. The van der Waals surface area contributed by atoms with Crippen molar-refractivity contribution in [1.29, 1.82) is 0 Å². The van der Waals surface area contributed by atoms with Gasteiger partial charge in [0.2, 0.25) is 0 Å². The van der Waals surface area contributed by atoms with Crippen molar-refractivity contribution in [3.8, 4) is 0 Å². The van der Waals surface area contributed by atoms with Gasteiger partial charge in [0.1, 0.15) is 0 Å². The Morgan fingerprint density at radius 3 is 1.89 bits per heavy atom. The fourth-order valence-corrected chi connectivity index (χ4v) is 2.21. The van der Waals surface area contributed by atoms with Crippen LogP contribution in [0.15, 0.2) is 42.5 Å². The molecule has 0 amide bonds. The Labute approximate surface area is 114 Å². The van der Waals surface area contributed by atoms with E-state index in [9.17, 15) is 4.79 Å². The summed E-state index contributed by atoms with van der Waals surface area (Å²) in [4.78, 5) is 13.4. The summed E-state index contributed by atoms with van der Waals surface area (Å²) >= 11 is 0. The normalized spacial score (nSPS) is 10.3. The van der Waals surface area contributed by atoms with E-state index in [0.717, 1.165) is 16.9 Å². The van der Waals surface area contributed by atoms with E-state index in [0.29, 0.717) is 0 Å². The molecular formula is C17H19NO. The van der Waals surface area contributed by atoms with Crippen molar-refractivity contribution in [2.45, 2.75) is 20.8 Å². The number of hydrogen-bond donors (Lipinski definition) is 0.